The predicted octanol–water partition coefficient (Wildman–Crippen LogP) is 0.993. The zero-order valence-corrected chi connectivity index (χ0v) is 5.98. The van der Waals surface area contributed by atoms with Crippen molar-refractivity contribution in [1.29, 1.82) is 0 Å². The Morgan fingerprint density at radius 2 is 1.82 bits per heavy atom. The first-order chi connectivity index (χ1) is 4.71. The van der Waals surface area contributed by atoms with Gasteiger partial charge in [0, 0.05) is 6.08 Å². The number of hydrogen-bond donors (Lipinski definition) is 1. The van der Waals surface area contributed by atoms with Gasteiger partial charge in [-0.25, -0.2) is 0 Å². The minimum absolute atomic E-state index is 0.249. The molecule has 3 nitrogen and oxygen atoms in total. The van der Waals surface area contributed by atoms with Crippen molar-refractivity contribution in [3.63, 3.8) is 0 Å². The van der Waals surface area contributed by atoms with E-state index in [-0.39, 0.29) is 6.08 Å². The van der Waals surface area contributed by atoms with Gasteiger partial charge in [-0.2, -0.15) is 21.6 Å². The van der Waals surface area contributed by atoms with Crippen molar-refractivity contribution in [1.82, 2.24) is 0 Å². The van der Waals surface area contributed by atoms with E-state index in [0.29, 0.717) is 6.08 Å². The molecule has 0 amide bonds. The van der Waals surface area contributed by atoms with Crippen molar-refractivity contribution >= 4 is 10.1 Å². The summed E-state index contributed by atoms with van der Waals surface area (Å²) in [5.74, 6) is -1.02. The summed E-state index contributed by atoms with van der Waals surface area (Å²) in [7, 11) is -4.33. The Morgan fingerprint density at radius 1 is 1.36 bits per heavy atom. The zero-order chi connectivity index (χ0) is 9.12. The van der Waals surface area contributed by atoms with E-state index in [1.54, 1.807) is 0 Å². The van der Waals surface area contributed by atoms with Gasteiger partial charge in [-0.1, -0.05) is 6.08 Å². The van der Waals surface area contributed by atoms with E-state index in [0.717, 1.165) is 0 Å². The molecule has 0 atom stereocenters. The Bertz CT molecular complexity index is 238. The van der Waals surface area contributed by atoms with Crippen LogP contribution in [0.3, 0.4) is 0 Å². The van der Waals surface area contributed by atoms with Gasteiger partial charge in [0.2, 0.25) is 0 Å². The van der Waals surface area contributed by atoms with Crippen molar-refractivity contribution in [2.75, 3.05) is 5.75 Å². The lowest BCUT2D eigenvalue weighted by molar-refractivity contribution is -0.0799. The predicted molar refractivity (Wildman–Crippen MR) is 31.6 cm³/mol. The van der Waals surface area contributed by atoms with Gasteiger partial charge in [0.05, 0.1) is 5.75 Å². The van der Waals surface area contributed by atoms with E-state index in [1.165, 1.54) is 0 Å². The van der Waals surface area contributed by atoms with Gasteiger partial charge in [-0.15, -0.1) is 0 Å². The Kier molecular flexibility index (Phi) is 3.06. The Balaban J connectivity index is 4.00. The molecule has 11 heavy (non-hydrogen) atoms. The largest absolute Gasteiger partial charge is 0.409 e. The van der Waals surface area contributed by atoms with E-state index in [9.17, 15) is 21.6 Å². The standard InChI is InChI=1S/C4H5F3O3S/c5-4(6,7)2-1-3-11(8,9)10/h1-2H,3H2,(H,8,9,10). The second-order valence-electron chi connectivity index (χ2n) is 1.69. The van der Waals surface area contributed by atoms with Crippen LogP contribution in [0.4, 0.5) is 13.2 Å². The van der Waals surface area contributed by atoms with E-state index in [4.69, 9.17) is 4.55 Å². The number of rotatable bonds is 2. The highest BCUT2D eigenvalue weighted by Crippen LogP contribution is 2.15. The number of hydrogen-bond acceptors (Lipinski definition) is 2. The molecule has 0 rings (SSSR count). The number of halogens is 3. The summed E-state index contributed by atoms with van der Waals surface area (Å²) in [4.78, 5) is 0. The van der Waals surface area contributed by atoms with E-state index >= 15 is 0 Å². The van der Waals surface area contributed by atoms with Crippen LogP contribution in [0.25, 0.3) is 0 Å². The summed E-state index contributed by atoms with van der Waals surface area (Å²) in [5.41, 5.74) is 0. The first-order valence-electron chi connectivity index (χ1n) is 2.40. The van der Waals surface area contributed by atoms with Crippen LogP contribution >= 0.6 is 0 Å². The van der Waals surface area contributed by atoms with E-state index in [1.807, 2.05) is 0 Å². The third-order valence-corrected chi connectivity index (χ3v) is 1.23. The highest BCUT2D eigenvalue weighted by Gasteiger charge is 2.21. The molecule has 0 saturated carbocycles. The van der Waals surface area contributed by atoms with Crippen molar-refractivity contribution < 1.29 is 26.1 Å². The molecule has 0 aliphatic rings. The maximum atomic E-state index is 11.3. The van der Waals surface area contributed by atoms with Crippen LogP contribution in [0.15, 0.2) is 12.2 Å². The van der Waals surface area contributed by atoms with E-state index in [2.05, 4.69) is 0 Å². The fraction of sp³-hybridized carbons (Fsp3) is 0.500. The van der Waals surface area contributed by atoms with Crippen LogP contribution in [-0.2, 0) is 10.1 Å². The van der Waals surface area contributed by atoms with Gasteiger partial charge in [0.25, 0.3) is 10.1 Å². The minimum atomic E-state index is -4.54. The molecule has 66 valence electrons. The van der Waals surface area contributed by atoms with Gasteiger partial charge >= 0.3 is 6.18 Å². The second kappa shape index (κ2) is 3.22. The van der Waals surface area contributed by atoms with Crippen LogP contribution in [0.2, 0.25) is 0 Å². The monoisotopic (exact) mass is 190 g/mol. The SMILES string of the molecule is O=S(=O)(O)CC=CC(F)(F)F. The molecule has 0 radical (unpaired) electrons. The molecule has 0 heterocycles. The van der Waals surface area contributed by atoms with Gasteiger partial charge in [-0.05, 0) is 0 Å². The summed E-state index contributed by atoms with van der Waals surface area (Å²) in [6.45, 7) is 0. The fourth-order valence-corrected chi connectivity index (χ4v) is 0.643. The lowest BCUT2D eigenvalue weighted by atomic mass is 10.5. The molecule has 0 aromatic rings. The van der Waals surface area contributed by atoms with Crippen LogP contribution in [0, 0.1) is 0 Å². The molecular weight excluding hydrogens is 185 g/mol. The molecule has 0 spiro atoms. The van der Waals surface area contributed by atoms with Crippen molar-refractivity contribution in [2.45, 2.75) is 6.18 Å². The summed E-state index contributed by atoms with van der Waals surface area (Å²) < 4.78 is 61.5. The maximum absolute atomic E-state index is 11.3. The summed E-state index contributed by atoms with van der Waals surface area (Å²) >= 11 is 0. The average molecular weight is 190 g/mol. The molecule has 0 bridgehead atoms. The minimum Gasteiger partial charge on any atom is -0.285 e. The van der Waals surface area contributed by atoms with Crippen molar-refractivity contribution in [3.05, 3.63) is 12.2 Å². The summed E-state index contributed by atoms with van der Waals surface area (Å²) in [6, 6.07) is 0. The normalized spacial score (nSPS) is 14.2. The Morgan fingerprint density at radius 3 is 2.09 bits per heavy atom. The quantitative estimate of drug-likeness (QED) is 0.521. The molecule has 0 aliphatic heterocycles. The maximum Gasteiger partial charge on any atom is 0.409 e. The highest BCUT2D eigenvalue weighted by atomic mass is 32.2. The fourth-order valence-electron chi connectivity index (χ4n) is 0.303. The third-order valence-electron chi connectivity index (χ3n) is 0.614. The molecule has 0 aromatic carbocycles. The van der Waals surface area contributed by atoms with Crippen LogP contribution in [0.5, 0.6) is 0 Å². The molecule has 0 fully saturated rings. The van der Waals surface area contributed by atoms with Gasteiger partial charge < -0.3 is 0 Å². The van der Waals surface area contributed by atoms with Crippen LogP contribution in [0.1, 0.15) is 0 Å². The Hall–Kier alpha value is -0.560. The average Bonchev–Trinajstić information content (AvgIpc) is 1.55. The highest BCUT2D eigenvalue weighted by molar-refractivity contribution is 7.85. The van der Waals surface area contributed by atoms with Crippen molar-refractivity contribution in [3.8, 4) is 0 Å². The summed E-state index contributed by atoms with van der Waals surface area (Å²) in [6.07, 6.45) is -4.46. The smallest absolute Gasteiger partial charge is 0.285 e. The molecule has 1 N–H and O–H groups in total. The number of allylic oxidation sites excluding steroid dienone is 1. The van der Waals surface area contributed by atoms with Crippen LogP contribution in [-0.4, -0.2) is 24.9 Å². The molecule has 0 saturated heterocycles. The first-order valence-corrected chi connectivity index (χ1v) is 4.01. The zero-order valence-electron chi connectivity index (χ0n) is 5.17. The molecule has 0 unspecified atom stereocenters. The van der Waals surface area contributed by atoms with Gasteiger partial charge in [0.1, 0.15) is 0 Å². The summed E-state index contributed by atoms with van der Waals surface area (Å²) in [5, 5.41) is 0. The first kappa shape index (κ1) is 10.4. The van der Waals surface area contributed by atoms with Crippen LogP contribution < -0.4 is 0 Å². The lowest BCUT2D eigenvalue weighted by Gasteiger charge is -1.95. The van der Waals surface area contributed by atoms with E-state index < -0.39 is 22.0 Å². The topological polar surface area (TPSA) is 54.4 Å². The third kappa shape index (κ3) is 9.44. The molecule has 0 aromatic heterocycles. The molecule has 7 heteroatoms. The molecule has 0 aliphatic carbocycles. The molecular formula is C4H5F3O3S. The number of alkyl halides is 3. The van der Waals surface area contributed by atoms with Crippen molar-refractivity contribution in [2.24, 2.45) is 0 Å². The second-order valence-corrected chi connectivity index (χ2v) is 3.19. The van der Waals surface area contributed by atoms with Gasteiger partial charge in [-0.3, -0.25) is 4.55 Å². The van der Waals surface area contributed by atoms with Gasteiger partial charge in [0.15, 0.2) is 0 Å². The Labute approximate surface area is 61.3 Å². The lowest BCUT2D eigenvalue weighted by Crippen LogP contribution is -2.05.